The molecule has 2 bridgehead atoms. The molecule has 23 heteroatoms. The number of carbonyl (C=O) groups excluding carboxylic acids is 9. The van der Waals surface area contributed by atoms with E-state index in [0.29, 0.717) is 54.4 Å². The smallest absolute Gasteiger partial charge is 0.338 e. The average Bonchev–Trinajstić information content (AvgIpc) is 0.927. The molecule has 23 nitrogen and oxygen atoms in total. The highest BCUT2D eigenvalue weighted by Gasteiger charge is 2.79. The molecule has 3 aromatic carbocycles. The quantitative estimate of drug-likeness (QED) is 0.0151. The van der Waals surface area contributed by atoms with Gasteiger partial charge in [0, 0.05) is 62.6 Å². The third-order valence-electron chi connectivity index (χ3n) is 24.5. The van der Waals surface area contributed by atoms with E-state index < -0.39 is 156 Å². The van der Waals surface area contributed by atoms with Crippen LogP contribution >= 0.6 is 0 Å². The van der Waals surface area contributed by atoms with E-state index in [1.165, 1.54) is 45.4 Å². The molecule has 18 atom stereocenters. The molecule has 6 saturated carbocycles. The van der Waals surface area contributed by atoms with Crippen molar-refractivity contribution in [3.63, 3.8) is 0 Å². The van der Waals surface area contributed by atoms with Crippen LogP contribution in [0.4, 0.5) is 0 Å². The monoisotopic (exact) mass is 1470 g/mol. The second-order valence-corrected chi connectivity index (χ2v) is 31.8. The summed E-state index contributed by atoms with van der Waals surface area (Å²) in [7, 11) is 0. The SMILES string of the molecule is C=C1/C(=C\C=C2/CCC[C@@]3(C)C2CCC3[C@@H](C)/C=C/C(OC(=O)CCC/C(C)=N/NC(=O)CCC(=O)OC2CC3OCC3(OC(C)=O)C3C(OC(=O)c4ccccc4)C4(O)CC(OC(=O)C(O)C(NC(=O)c5ccccc5)c5ccccc5)C(C)=C(C(OC(C)=O)C(=O)C23C)C4(C)C)C2CC2)C[C@@H](O)C[C@@H]1O. The largest absolute Gasteiger partial charge is 0.461 e. The maximum atomic E-state index is 16.5. The first-order valence-corrected chi connectivity index (χ1v) is 37.7. The Balaban J connectivity index is 0.778. The van der Waals surface area contributed by atoms with E-state index in [1.807, 2.05) is 0 Å². The molecule has 8 aliphatic rings. The lowest BCUT2D eigenvalue weighted by Crippen LogP contribution is -2.82. The Morgan fingerprint density at radius 1 is 0.776 bits per heavy atom. The number of carbonyl (C=O) groups is 9. The van der Waals surface area contributed by atoms with Crippen molar-refractivity contribution in [3.05, 3.63) is 166 Å². The minimum Gasteiger partial charge on any atom is -0.461 e. The van der Waals surface area contributed by atoms with Crippen LogP contribution < -0.4 is 10.7 Å². The Bertz CT molecular complexity index is 4050. The molecule has 14 unspecified atom stereocenters. The van der Waals surface area contributed by atoms with Gasteiger partial charge in [0.1, 0.15) is 36.1 Å². The maximum Gasteiger partial charge on any atom is 0.338 e. The second-order valence-electron chi connectivity index (χ2n) is 31.8. The molecule has 0 aromatic heterocycles. The molecule has 1 aliphatic heterocycles. The van der Waals surface area contributed by atoms with Crippen LogP contribution in [0.15, 0.2) is 155 Å². The molecule has 11 rings (SSSR count). The van der Waals surface area contributed by atoms with Gasteiger partial charge in [0.05, 0.1) is 48.2 Å². The fourth-order valence-electron chi connectivity index (χ4n) is 18.5. The highest BCUT2D eigenvalue weighted by molar-refractivity contribution is 5.97. The minimum atomic E-state index is -2.56. The maximum absolute atomic E-state index is 16.5. The summed E-state index contributed by atoms with van der Waals surface area (Å²) in [5.41, 5.74) is -2.01. The van der Waals surface area contributed by atoms with E-state index in [2.05, 4.69) is 60.6 Å². The van der Waals surface area contributed by atoms with Gasteiger partial charge in [-0.1, -0.05) is 125 Å². The first-order chi connectivity index (χ1) is 50.8. The van der Waals surface area contributed by atoms with E-state index in [0.717, 1.165) is 64.4 Å². The van der Waals surface area contributed by atoms with Crippen molar-refractivity contribution in [1.29, 1.82) is 0 Å². The van der Waals surface area contributed by atoms with Crippen molar-refractivity contribution in [1.82, 2.24) is 10.7 Å². The van der Waals surface area contributed by atoms with Gasteiger partial charge < -0.3 is 58.9 Å². The number of amides is 2. The third-order valence-corrected chi connectivity index (χ3v) is 24.5. The standard InChI is InChI=1S/C84H103N3O20/c1-47(60-36-37-61-53(29-21-41-81(60,61)9)32-35-58-42-59(90)43-62(91)49(58)3)31-38-63(54-33-34-54)103-68(93)30-20-22-48(2)86-87-67(92)39-40-69(94)105-65-44-66-83(46-101-66,107-52(6)89)74-76(106-78(98)57-27-18-13-19-28-57)84(100)45-64(50(4)70(80(84,7)8)73(102-51(5)88)75(96)82(65,74)10)104-79(99)72(95)71(55-23-14-11-15-24-55)85-77(97)56-25-16-12-17-26-56/h11-19,23-28,31-32,35,38,47,54,59-66,71-74,76,90-91,95,100H,3,20-22,29-30,33-34,36-37,39-46H2,1-2,4-10H3,(H,85,97)(H,87,92)/b38-31+,53-32+,58-35-,86-48+/t47-,59+,60?,61?,62-,63?,64?,65?,66?,71?,72?,73?,74?,76?,81+,82?,83?,84?/m0/s1. The van der Waals surface area contributed by atoms with Gasteiger partial charge in [-0.3, -0.25) is 33.6 Å². The molecular weight excluding hydrogens is 1370 g/mol. The fourth-order valence-corrected chi connectivity index (χ4v) is 18.5. The van der Waals surface area contributed by atoms with Crippen molar-refractivity contribution in [2.75, 3.05) is 6.61 Å². The molecule has 0 radical (unpaired) electrons. The van der Waals surface area contributed by atoms with E-state index in [9.17, 15) is 58.8 Å². The van der Waals surface area contributed by atoms with Crippen LogP contribution in [-0.2, 0) is 66.7 Å². The highest BCUT2D eigenvalue weighted by atomic mass is 16.6. The summed E-state index contributed by atoms with van der Waals surface area (Å²) in [5.74, 6) is -8.14. The number of esters is 6. The molecule has 7 aliphatic carbocycles. The molecular formula is C84H103N3O20. The zero-order valence-electron chi connectivity index (χ0n) is 62.6. The average molecular weight is 1470 g/mol. The summed E-state index contributed by atoms with van der Waals surface area (Å²) < 4.78 is 43.8. The van der Waals surface area contributed by atoms with Crippen LogP contribution in [0.3, 0.4) is 0 Å². The number of aliphatic hydroxyl groups is 4. The number of aliphatic hydroxyl groups excluding tert-OH is 3. The number of ketones is 1. The highest BCUT2D eigenvalue weighted by Crippen LogP contribution is 2.66. The summed E-state index contributed by atoms with van der Waals surface area (Å²) in [6.07, 6.45) is 3.33. The van der Waals surface area contributed by atoms with Crippen molar-refractivity contribution in [3.8, 4) is 0 Å². The van der Waals surface area contributed by atoms with Crippen LogP contribution in [0.1, 0.15) is 197 Å². The summed E-state index contributed by atoms with van der Waals surface area (Å²) in [6.45, 7) is 18.1. The molecule has 107 heavy (non-hydrogen) atoms. The minimum absolute atomic E-state index is 0.00857. The summed E-state index contributed by atoms with van der Waals surface area (Å²) in [5, 5.41) is 54.1. The lowest BCUT2D eigenvalue weighted by atomic mass is 9.44. The zero-order chi connectivity index (χ0) is 77.1. The summed E-state index contributed by atoms with van der Waals surface area (Å²) in [4.78, 5) is 128. The van der Waals surface area contributed by atoms with Gasteiger partial charge >= 0.3 is 35.8 Å². The lowest BCUT2D eigenvalue weighted by Gasteiger charge is -2.67. The van der Waals surface area contributed by atoms with Crippen LogP contribution in [0.2, 0.25) is 0 Å². The lowest BCUT2D eigenvalue weighted by molar-refractivity contribution is -0.346. The van der Waals surface area contributed by atoms with Crippen molar-refractivity contribution < 1.29 is 96.7 Å². The number of hydrazone groups is 1. The number of hydrogen-bond acceptors (Lipinski definition) is 21. The number of Topliss-reactive ketones (excluding diaryl/α,β-unsaturated/α-hetero) is 1. The van der Waals surface area contributed by atoms with Gasteiger partial charge in [0.25, 0.3) is 5.91 Å². The number of rotatable bonds is 25. The number of hydrogen-bond donors (Lipinski definition) is 6. The number of nitrogens with one attached hydrogen (secondary N) is 2. The van der Waals surface area contributed by atoms with E-state index in [4.69, 9.17) is 33.2 Å². The zero-order valence-corrected chi connectivity index (χ0v) is 62.6. The fraction of sp³-hybridized carbons (Fsp3) is 0.548. The van der Waals surface area contributed by atoms with Gasteiger partial charge in [-0.05, 0) is 172 Å². The van der Waals surface area contributed by atoms with Crippen LogP contribution in [-0.4, -0.2) is 152 Å². The summed E-state index contributed by atoms with van der Waals surface area (Å²) >= 11 is 0. The first kappa shape index (κ1) is 79.3. The Labute approximate surface area is 625 Å². The van der Waals surface area contributed by atoms with E-state index >= 15 is 4.79 Å². The first-order valence-electron chi connectivity index (χ1n) is 37.7. The number of fused-ring (bicyclic) bond motifs is 6. The van der Waals surface area contributed by atoms with Gasteiger partial charge in [-0.15, -0.1) is 0 Å². The van der Waals surface area contributed by atoms with Crippen molar-refractivity contribution >= 4 is 59.1 Å². The molecule has 2 amide bonds. The molecule has 3 aromatic rings. The molecule has 7 fully saturated rings. The van der Waals surface area contributed by atoms with Crippen LogP contribution in [0.25, 0.3) is 0 Å². The summed E-state index contributed by atoms with van der Waals surface area (Å²) in [6, 6.07) is 22.6. The van der Waals surface area contributed by atoms with Gasteiger partial charge in [0.2, 0.25) is 5.91 Å². The molecule has 1 saturated heterocycles. The molecule has 574 valence electrons. The number of allylic oxidation sites excluding steroid dienone is 4. The number of nitrogens with zero attached hydrogens (tertiary/aromatic N) is 1. The Morgan fingerprint density at radius 3 is 2.09 bits per heavy atom. The molecule has 1 heterocycles. The third kappa shape index (κ3) is 16.5. The molecule has 6 N–H and O–H groups in total. The van der Waals surface area contributed by atoms with Crippen molar-refractivity contribution in [2.24, 2.45) is 50.9 Å². The van der Waals surface area contributed by atoms with Gasteiger partial charge in [-0.25, -0.2) is 15.0 Å². The van der Waals surface area contributed by atoms with Crippen LogP contribution in [0, 0.1) is 45.8 Å². The Kier molecular flexibility index (Phi) is 24.2. The number of ether oxygens (including phenoxy) is 7. The Morgan fingerprint density at radius 2 is 1.45 bits per heavy atom. The second kappa shape index (κ2) is 32.6. The molecule has 0 spiro atoms. The van der Waals surface area contributed by atoms with Crippen molar-refractivity contribution in [2.45, 2.75) is 237 Å². The van der Waals surface area contributed by atoms with E-state index in [1.54, 1.807) is 85.8 Å². The van der Waals surface area contributed by atoms with E-state index in [-0.39, 0.29) is 64.4 Å². The van der Waals surface area contributed by atoms with Crippen LogP contribution in [0.5, 0.6) is 0 Å². The predicted molar refractivity (Wildman–Crippen MR) is 392 cm³/mol. The van der Waals surface area contributed by atoms with Gasteiger partial charge in [-0.2, -0.15) is 5.10 Å². The predicted octanol–water partition coefficient (Wildman–Crippen LogP) is 10.4. The topological polar surface area (TPSA) is 336 Å². The normalized spacial score (nSPS) is 32.1. The Hall–Kier alpha value is -8.74. The number of benzene rings is 3. The van der Waals surface area contributed by atoms with Gasteiger partial charge in [0.15, 0.2) is 23.6 Å².